The van der Waals surface area contributed by atoms with Crippen LogP contribution in [0.25, 0.3) is 0 Å². The van der Waals surface area contributed by atoms with Crippen LogP contribution in [0.15, 0.2) is 24.3 Å². The van der Waals surface area contributed by atoms with Gasteiger partial charge in [0.15, 0.2) is 5.82 Å². The maximum Gasteiger partial charge on any atom is 0.254 e. The van der Waals surface area contributed by atoms with Crippen molar-refractivity contribution in [1.82, 2.24) is 19.8 Å². The van der Waals surface area contributed by atoms with E-state index in [1.54, 1.807) is 7.11 Å². The van der Waals surface area contributed by atoms with Gasteiger partial charge in [-0.15, -0.1) is 0 Å². The molecule has 1 aromatic heterocycles. The fourth-order valence-corrected chi connectivity index (χ4v) is 4.59. The number of hydrogen-bond donors (Lipinski definition) is 0. The molecule has 1 unspecified atom stereocenters. The number of rotatable bonds is 5. The molecular formula is C24H33N5O2. The number of ether oxygens (including phenoxy) is 1. The number of nitrogens with zero attached hydrogens (tertiary/aromatic N) is 5. The molecule has 3 heterocycles. The van der Waals surface area contributed by atoms with E-state index < -0.39 is 0 Å². The molecule has 4 rings (SSSR count). The highest BCUT2D eigenvalue weighted by Crippen LogP contribution is 2.33. The van der Waals surface area contributed by atoms with Crippen molar-refractivity contribution in [2.75, 3.05) is 46.2 Å². The van der Waals surface area contributed by atoms with Crippen molar-refractivity contribution < 1.29 is 9.53 Å². The predicted molar refractivity (Wildman–Crippen MR) is 121 cm³/mol. The third kappa shape index (κ3) is 4.57. The lowest BCUT2D eigenvalue weighted by atomic mass is 9.98. The third-order valence-electron chi connectivity index (χ3n) is 6.24. The van der Waals surface area contributed by atoms with Gasteiger partial charge in [-0.25, -0.2) is 9.97 Å². The molecule has 7 nitrogen and oxygen atoms in total. The zero-order valence-corrected chi connectivity index (χ0v) is 19.1. The largest absolute Gasteiger partial charge is 0.380 e. The van der Waals surface area contributed by atoms with E-state index in [9.17, 15) is 4.79 Å². The van der Waals surface area contributed by atoms with Gasteiger partial charge in [0.1, 0.15) is 5.82 Å². The summed E-state index contributed by atoms with van der Waals surface area (Å²) in [5, 5.41) is 0. The molecule has 0 radical (unpaired) electrons. The highest BCUT2D eigenvalue weighted by Gasteiger charge is 2.32. The Balaban J connectivity index is 1.65. The summed E-state index contributed by atoms with van der Waals surface area (Å²) in [6.45, 7) is 3.15. The van der Waals surface area contributed by atoms with Gasteiger partial charge in [-0.3, -0.25) is 4.79 Å². The van der Waals surface area contributed by atoms with Crippen LogP contribution in [0.5, 0.6) is 0 Å². The van der Waals surface area contributed by atoms with Crippen molar-refractivity contribution in [3.63, 3.8) is 0 Å². The van der Waals surface area contributed by atoms with Crippen LogP contribution in [0.3, 0.4) is 0 Å². The number of likely N-dealkylation sites (tertiary alicyclic amines) is 1. The molecule has 31 heavy (non-hydrogen) atoms. The van der Waals surface area contributed by atoms with Gasteiger partial charge >= 0.3 is 0 Å². The number of methoxy groups -OCH3 is 1. The second kappa shape index (κ2) is 9.32. The standard InChI is InChI=1S/C24H33N5O2/c1-27(2)23-19-15-28(3)14-12-20(19)25-22(26-23)21-7-5-6-13-29(21)24(30)18-10-8-17(9-11-18)16-31-4/h8-11,21H,5-7,12-16H2,1-4H3. The maximum atomic E-state index is 13.4. The number of aromatic nitrogens is 2. The minimum atomic E-state index is -0.0800. The molecule has 1 amide bonds. The molecule has 166 valence electrons. The molecule has 1 aromatic carbocycles. The zero-order chi connectivity index (χ0) is 22.0. The van der Waals surface area contributed by atoms with Gasteiger partial charge in [0.25, 0.3) is 5.91 Å². The number of benzene rings is 1. The monoisotopic (exact) mass is 423 g/mol. The van der Waals surface area contributed by atoms with Crippen LogP contribution in [-0.4, -0.2) is 67.0 Å². The van der Waals surface area contributed by atoms with E-state index >= 15 is 0 Å². The van der Waals surface area contributed by atoms with E-state index in [1.165, 1.54) is 5.56 Å². The number of fused-ring (bicyclic) bond motifs is 1. The first kappa shape index (κ1) is 21.7. The Labute approximate surface area is 185 Å². The second-order valence-electron chi connectivity index (χ2n) is 8.85. The van der Waals surface area contributed by atoms with E-state index in [0.717, 1.165) is 68.2 Å². The summed E-state index contributed by atoms with van der Waals surface area (Å²) >= 11 is 0. The van der Waals surface area contributed by atoms with Crippen molar-refractivity contribution >= 4 is 11.7 Å². The Hall–Kier alpha value is -2.51. The summed E-state index contributed by atoms with van der Waals surface area (Å²) in [5.41, 5.74) is 4.12. The molecule has 2 aliphatic heterocycles. The van der Waals surface area contributed by atoms with Gasteiger partial charge in [-0.05, 0) is 44.0 Å². The van der Waals surface area contributed by atoms with Gasteiger partial charge in [0.2, 0.25) is 0 Å². The average molecular weight is 424 g/mol. The van der Waals surface area contributed by atoms with Crippen molar-refractivity contribution in [3.05, 3.63) is 52.5 Å². The van der Waals surface area contributed by atoms with Gasteiger partial charge < -0.3 is 19.4 Å². The summed E-state index contributed by atoms with van der Waals surface area (Å²) in [7, 11) is 7.88. The first-order valence-corrected chi connectivity index (χ1v) is 11.1. The fraction of sp³-hybridized carbons (Fsp3) is 0.542. The van der Waals surface area contributed by atoms with Crippen LogP contribution < -0.4 is 4.90 Å². The van der Waals surface area contributed by atoms with Crippen LogP contribution in [0.2, 0.25) is 0 Å². The molecule has 7 heteroatoms. The molecule has 1 saturated heterocycles. The first-order chi connectivity index (χ1) is 15.0. The van der Waals surface area contributed by atoms with E-state index in [-0.39, 0.29) is 11.9 Å². The molecule has 1 fully saturated rings. The lowest BCUT2D eigenvalue weighted by Gasteiger charge is -2.36. The highest BCUT2D eigenvalue weighted by atomic mass is 16.5. The lowest BCUT2D eigenvalue weighted by molar-refractivity contribution is 0.0599. The minimum Gasteiger partial charge on any atom is -0.380 e. The number of anilines is 1. The van der Waals surface area contributed by atoms with Crippen molar-refractivity contribution in [1.29, 1.82) is 0 Å². The number of piperidine rings is 1. The Morgan fingerprint density at radius 1 is 1.16 bits per heavy atom. The topological polar surface area (TPSA) is 61.8 Å². The number of carbonyl (C=O) groups excluding carboxylic acids is 1. The number of hydrogen-bond acceptors (Lipinski definition) is 6. The normalized spacial score (nSPS) is 19.2. The summed E-state index contributed by atoms with van der Waals surface area (Å²) in [5.74, 6) is 1.82. The van der Waals surface area contributed by atoms with E-state index in [2.05, 4.69) is 16.8 Å². The molecule has 0 saturated carbocycles. The van der Waals surface area contributed by atoms with Crippen molar-refractivity contribution in [2.45, 2.75) is 44.9 Å². The van der Waals surface area contributed by atoms with Crippen LogP contribution in [0.4, 0.5) is 5.82 Å². The summed E-state index contributed by atoms with van der Waals surface area (Å²) in [6.07, 6.45) is 3.92. The van der Waals surface area contributed by atoms with Crippen molar-refractivity contribution in [2.24, 2.45) is 0 Å². The van der Waals surface area contributed by atoms with Gasteiger partial charge in [-0.2, -0.15) is 0 Å². The van der Waals surface area contributed by atoms with Crippen LogP contribution in [0.1, 0.15) is 58.3 Å². The van der Waals surface area contributed by atoms with Gasteiger partial charge in [-0.1, -0.05) is 12.1 Å². The summed E-state index contributed by atoms with van der Waals surface area (Å²) < 4.78 is 5.18. The molecule has 2 aromatic rings. The summed E-state index contributed by atoms with van der Waals surface area (Å²) in [4.78, 5) is 29.8. The molecule has 0 aliphatic carbocycles. The van der Waals surface area contributed by atoms with E-state index in [1.807, 2.05) is 43.3 Å². The summed E-state index contributed by atoms with van der Waals surface area (Å²) in [6, 6.07) is 7.65. The smallest absolute Gasteiger partial charge is 0.254 e. The van der Waals surface area contributed by atoms with Crippen LogP contribution >= 0.6 is 0 Å². The first-order valence-electron chi connectivity index (χ1n) is 11.1. The number of carbonyl (C=O) groups is 1. The average Bonchev–Trinajstić information content (AvgIpc) is 2.78. The Bertz CT molecular complexity index is 928. The Morgan fingerprint density at radius 2 is 1.94 bits per heavy atom. The minimum absolute atomic E-state index is 0.0566. The molecule has 0 bridgehead atoms. The van der Waals surface area contributed by atoms with Gasteiger partial charge in [0, 0.05) is 58.4 Å². The number of likely N-dealkylation sites (N-methyl/N-ethyl adjacent to an activating group) is 1. The fourth-order valence-electron chi connectivity index (χ4n) is 4.59. The quantitative estimate of drug-likeness (QED) is 0.737. The van der Waals surface area contributed by atoms with Crippen molar-refractivity contribution in [3.8, 4) is 0 Å². The Kier molecular flexibility index (Phi) is 6.53. The van der Waals surface area contributed by atoms with Crippen LogP contribution in [0, 0.1) is 0 Å². The molecular weight excluding hydrogens is 390 g/mol. The lowest BCUT2D eigenvalue weighted by Crippen LogP contribution is -2.40. The molecule has 1 atom stereocenters. The van der Waals surface area contributed by atoms with E-state index in [4.69, 9.17) is 14.7 Å². The van der Waals surface area contributed by atoms with E-state index in [0.29, 0.717) is 12.2 Å². The zero-order valence-electron chi connectivity index (χ0n) is 19.1. The highest BCUT2D eigenvalue weighted by molar-refractivity contribution is 5.94. The SMILES string of the molecule is COCc1ccc(C(=O)N2CCCCC2c2nc3c(c(N(C)C)n2)CN(C)CC3)cc1. The molecule has 2 aliphatic rings. The molecule has 0 spiro atoms. The Morgan fingerprint density at radius 3 is 2.65 bits per heavy atom. The third-order valence-corrected chi connectivity index (χ3v) is 6.24. The molecule has 0 N–H and O–H groups in total. The van der Waals surface area contributed by atoms with Gasteiger partial charge in [0.05, 0.1) is 18.3 Å². The second-order valence-corrected chi connectivity index (χ2v) is 8.85. The predicted octanol–water partition coefficient (Wildman–Crippen LogP) is 3.04. The number of amides is 1. The van der Waals surface area contributed by atoms with Crippen LogP contribution in [-0.2, 0) is 24.3 Å². The maximum absolute atomic E-state index is 13.4.